The largest absolute Gasteiger partial charge is 0.383 e. The summed E-state index contributed by atoms with van der Waals surface area (Å²) in [7, 11) is 0. The van der Waals surface area contributed by atoms with Crippen LogP contribution in [-0.2, 0) is 11.2 Å². The summed E-state index contributed by atoms with van der Waals surface area (Å²) in [6.45, 7) is 1.93. The van der Waals surface area contributed by atoms with Crippen molar-refractivity contribution in [2.75, 3.05) is 19.6 Å². The van der Waals surface area contributed by atoms with Crippen LogP contribution in [0.3, 0.4) is 0 Å². The molecule has 1 saturated heterocycles. The summed E-state index contributed by atoms with van der Waals surface area (Å²) >= 11 is 5.91. The number of aliphatic hydroxyl groups is 1. The Morgan fingerprint density at radius 3 is 2.38 bits per heavy atom. The molecular weight excluding hydrogens is 388 g/mol. The van der Waals surface area contributed by atoms with Gasteiger partial charge in [0.2, 0.25) is 0 Å². The van der Waals surface area contributed by atoms with Crippen molar-refractivity contribution in [1.29, 1.82) is 0 Å². The first-order chi connectivity index (χ1) is 13.9. The first-order valence-corrected chi connectivity index (χ1v) is 11.0. The van der Waals surface area contributed by atoms with Crippen LogP contribution in [0.15, 0.2) is 29.3 Å². The fraction of sp³-hybridized carbons (Fsp3) is 0.636. The number of halogens is 1. The molecule has 29 heavy (non-hydrogen) atoms. The monoisotopic (exact) mass is 420 g/mol. The highest BCUT2D eigenvalue weighted by Gasteiger charge is 2.43. The van der Waals surface area contributed by atoms with Gasteiger partial charge in [0.25, 0.3) is 5.91 Å². The van der Waals surface area contributed by atoms with Gasteiger partial charge in [-0.25, -0.2) is 0 Å². The fourth-order valence-electron chi connectivity index (χ4n) is 4.97. The van der Waals surface area contributed by atoms with Gasteiger partial charge >= 0.3 is 0 Å². The number of rotatable bonds is 6. The number of guanidine groups is 1. The van der Waals surface area contributed by atoms with E-state index in [1.54, 1.807) is 17.0 Å². The van der Waals surface area contributed by atoms with Gasteiger partial charge in [0.05, 0.1) is 0 Å². The summed E-state index contributed by atoms with van der Waals surface area (Å²) in [5, 5.41) is 11.1. The maximum atomic E-state index is 12.8. The Morgan fingerprint density at radius 2 is 1.79 bits per heavy atom. The zero-order valence-corrected chi connectivity index (χ0v) is 17.8. The molecule has 7 heteroatoms. The number of carbonyl (C=O) groups is 1. The highest BCUT2D eigenvalue weighted by Crippen LogP contribution is 2.46. The van der Waals surface area contributed by atoms with E-state index in [9.17, 15) is 9.90 Å². The van der Waals surface area contributed by atoms with Crippen LogP contribution in [-0.4, -0.2) is 47.6 Å². The zero-order chi connectivity index (χ0) is 20.9. The van der Waals surface area contributed by atoms with Gasteiger partial charge in [0.1, 0.15) is 6.10 Å². The van der Waals surface area contributed by atoms with Crippen LogP contribution < -0.4 is 11.5 Å². The van der Waals surface area contributed by atoms with E-state index in [1.165, 1.54) is 32.1 Å². The lowest BCUT2D eigenvalue weighted by atomic mass is 9.63. The number of benzene rings is 1. The van der Waals surface area contributed by atoms with E-state index >= 15 is 0 Å². The maximum Gasteiger partial charge on any atom is 0.251 e. The topological polar surface area (TPSA) is 105 Å². The van der Waals surface area contributed by atoms with Crippen LogP contribution >= 0.6 is 11.6 Å². The Kier molecular flexibility index (Phi) is 7.41. The molecule has 1 aromatic carbocycles. The van der Waals surface area contributed by atoms with Crippen molar-refractivity contribution < 1.29 is 9.90 Å². The maximum absolute atomic E-state index is 12.8. The van der Waals surface area contributed by atoms with Gasteiger partial charge in [-0.15, -0.1) is 0 Å². The molecule has 2 aliphatic rings. The van der Waals surface area contributed by atoms with Crippen LogP contribution in [0.25, 0.3) is 0 Å². The number of nitrogens with zero attached hydrogens (tertiary/aromatic N) is 2. The number of nitrogens with two attached hydrogens (primary N) is 2. The summed E-state index contributed by atoms with van der Waals surface area (Å²) in [5.74, 6) is 0.548. The average Bonchev–Trinajstić information content (AvgIpc) is 2.74. The first-order valence-electron chi connectivity index (χ1n) is 10.7. The van der Waals surface area contributed by atoms with E-state index in [2.05, 4.69) is 4.99 Å². The Hall–Kier alpha value is -1.79. The lowest BCUT2D eigenvalue weighted by Crippen LogP contribution is -2.51. The summed E-state index contributed by atoms with van der Waals surface area (Å²) in [4.78, 5) is 19.0. The number of aliphatic imine (C=N–C) groups is 1. The second-order valence-electron chi connectivity index (χ2n) is 8.61. The molecule has 1 aliphatic carbocycles. The third-order valence-electron chi connectivity index (χ3n) is 6.75. The number of carbonyl (C=O) groups excluding carboxylic acids is 1. The lowest BCUT2D eigenvalue weighted by Gasteiger charge is -2.47. The molecule has 3 rings (SSSR count). The van der Waals surface area contributed by atoms with Crippen LogP contribution in [0.4, 0.5) is 0 Å². The Bertz CT molecular complexity index is 704. The van der Waals surface area contributed by atoms with Gasteiger partial charge in [-0.2, -0.15) is 0 Å². The zero-order valence-electron chi connectivity index (χ0n) is 17.0. The van der Waals surface area contributed by atoms with Crippen molar-refractivity contribution >= 4 is 23.5 Å². The normalized spacial score (nSPS) is 20.8. The molecule has 1 aromatic rings. The molecule has 0 radical (unpaired) electrons. The Balaban J connectivity index is 1.61. The number of hydrogen-bond acceptors (Lipinski definition) is 3. The van der Waals surface area contributed by atoms with Crippen LogP contribution in [0, 0.1) is 11.3 Å². The van der Waals surface area contributed by atoms with Crippen LogP contribution in [0.5, 0.6) is 0 Å². The van der Waals surface area contributed by atoms with Gasteiger partial charge in [-0.05, 0) is 54.7 Å². The molecule has 0 spiro atoms. The number of hydrogen-bond donors (Lipinski definition) is 3. The van der Waals surface area contributed by atoms with E-state index in [-0.39, 0.29) is 17.3 Å². The SMILES string of the molecule is NC(N)=NCC1(C2CCCCC2)CCN(C(=O)C(O)Cc2ccc(Cl)cc2)CC1. The predicted molar refractivity (Wildman–Crippen MR) is 117 cm³/mol. The first kappa shape index (κ1) is 21.9. The van der Waals surface area contributed by atoms with Crippen LogP contribution in [0.2, 0.25) is 5.02 Å². The standard InChI is InChI=1S/C22H33ClN4O2/c23-18-8-6-16(7-9-18)14-19(28)20(29)27-12-10-22(11-13-27,15-26-21(24)25)17-4-2-1-3-5-17/h6-9,17,19,28H,1-5,10-15H2,(H4,24,25,26). The molecule has 2 fully saturated rings. The molecule has 5 N–H and O–H groups in total. The molecule has 0 aromatic heterocycles. The van der Waals surface area contributed by atoms with E-state index in [1.807, 2.05) is 12.1 Å². The highest BCUT2D eigenvalue weighted by atomic mass is 35.5. The summed E-state index contributed by atoms with van der Waals surface area (Å²) in [6.07, 6.45) is 7.29. The minimum Gasteiger partial charge on any atom is -0.383 e. The van der Waals surface area contributed by atoms with Crippen molar-refractivity contribution in [3.05, 3.63) is 34.9 Å². The van der Waals surface area contributed by atoms with Crippen molar-refractivity contribution in [2.24, 2.45) is 27.8 Å². The molecular formula is C22H33ClN4O2. The molecule has 1 saturated carbocycles. The second kappa shape index (κ2) is 9.81. The fourth-order valence-corrected chi connectivity index (χ4v) is 5.10. The Morgan fingerprint density at radius 1 is 1.17 bits per heavy atom. The predicted octanol–water partition coefficient (Wildman–Crippen LogP) is 2.71. The van der Waals surface area contributed by atoms with Crippen molar-refractivity contribution in [3.63, 3.8) is 0 Å². The third-order valence-corrected chi connectivity index (χ3v) is 7.00. The second-order valence-corrected chi connectivity index (χ2v) is 9.05. The summed E-state index contributed by atoms with van der Waals surface area (Å²) in [6, 6.07) is 7.24. The molecule has 1 atom stereocenters. The van der Waals surface area contributed by atoms with Crippen molar-refractivity contribution in [1.82, 2.24) is 4.90 Å². The summed E-state index contributed by atoms with van der Waals surface area (Å²) in [5.41, 5.74) is 12.2. The third kappa shape index (κ3) is 5.64. The van der Waals surface area contributed by atoms with Gasteiger partial charge < -0.3 is 21.5 Å². The smallest absolute Gasteiger partial charge is 0.251 e. The average molecular weight is 421 g/mol. The minimum absolute atomic E-state index is 0.0579. The summed E-state index contributed by atoms with van der Waals surface area (Å²) < 4.78 is 0. The molecule has 1 unspecified atom stereocenters. The molecule has 1 heterocycles. The molecule has 1 amide bonds. The minimum atomic E-state index is -1.03. The van der Waals surface area contributed by atoms with Gasteiger partial charge in [0.15, 0.2) is 5.96 Å². The van der Waals surface area contributed by atoms with E-state index in [0.29, 0.717) is 37.0 Å². The number of likely N-dealkylation sites (tertiary alicyclic amines) is 1. The van der Waals surface area contributed by atoms with Gasteiger partial charge in [-0.3, -0.25) is 9.79 Å². The molecule has 160 valence electrons. The van der Waals surface area contributed by atoms with E-state index < -0.39 is 6.10 Å². The van der Waals surface area contributed by atoms with Gasteiger partial charge in [-0.1, -0.05) is 43.0 Å². The Labute approximate surface area is 178 Å². The van der Waals surface area contributed by atoms with E-state index in [4.69, 9.17) is 23.1 Å². The lowest BCUT2D eigenvalue weighted by molar-refractivity contribution is -0.143. The number of amides is 1. The van der Waals surface area contributed by atoms with Gasteiger partial charge in [0, 0.05) is 31.1 Å². The molecule has 6 nitrogen and oxygen atoms in total. The molecule has 0 bridgehead atoms. The quantitative estimate of drug-likeness (QED) is 0.486. The van der Waals surface area contributed by atoms with Crippen molar-refractivity contribution in [2.45, 2.75) is 57.5 Å². The highest BCUT2D eigenvalue weighted by molar-refractivity contribution is 6.30. The number of aliphatic hydroxyl groups excluding tert-OH is 1. The molecule has 1 aliphatic heterocycles. The number of piperidine rings is 1. The van der Waals surface area contributed by atoms with Crippen LogP contribution in [0.1, 0.15) is 50.5 Å². The van der Waals surface area contributed by atoms with Crippen molar-refractivity contribution in [3.8, 4) is 0 Å². The van der Waals surface area contributed by atoms with E-state index in [0.717, 1.165) is 18.4 Å².